The molecule has 2 saturated heterocycles. The second-order valence-corrected chi connectivity index (χ2v) is 6.58. The van der Waals surface area contributed by atoms with Gasteiger partial charge in [-0.05, 0) is 37.1 Å². The van der Waals surface area contributed by atoms with Crippen LogP contribution in [0.5, 0.6) is 0 Å². The van der Waals surface area contributed by atoms with Gasteiger partial charge in [0, 0.05) is 26.1 Å². The molecule has 3 rings (SSSR count). The van der Waals surface area contributed by atoms with Gasteiger partial charge in [-0.1, -0.05) is 42.5 Å². The summed E-state index contributed by atoms with van der Waals surface area (Å²) in [6.45, 7) is 8.22. The van der Waals surface area contributed by atoms with E-state index in [-0.39, 0.29) is 0 Å². The van der Waals surface area contributed by atoms with Gasteiger partial charge in [-0.2, -0.15) is 0 Å². The number of likely N-dealkylation sites (tertiary alicyclic amines) is 1. The summed E-state index contributed by atoms with van der Waals surface area (Å²) in [7, 11) is 0. The highest BCUT2D eigenvalue weighted by molar-refractivity contribution is 5.27. The van der Waals surface area contributed by atoms with E-state index in [2.05, 4.69) is 45.9 Å². The number of rotatable bonds is 4. The Morgan fingerprint density at radius 2 is 1.65 bits per heavy atom. The third-order valence-electron chi connectivity index (χ3n) is 4.67. The lowest BCUT2D eigenvalue weighted by Gasteiger charge is -2.26. The number of piperidine rings is 1. The molecule has 0 bridgehead atoms. The molecule has 0 atom stereocenters. The largest absolute Gasteiger partial charge is 0.379 e. The summed E-state index contributed by atoms with van der Waals surface area (Å²) in [5, 5.41) is 0. The Bertz CT molecular complexity index is 534. The van der Waals surface area contributed by atoms with E-state index >= 15 is 0 Å². The van der Waals surface area contributed by atoms with Gasteiger partial charge in [0.2, 0.25) is 0 Å². The van der Waals surface area contributed by atoms with E-state index in [1.807, 2.05) is 0 Å². The van der Waals surface area contributed by atoms with Crippen LogP contribution in [0.15, 0.2) is 24.3 Å². The molecule has 0 N–H and O–H groups in total. The zero-order valence-corrected chi connectivity index (χ0v) is 14.1. The monoisotopic (exact) mass is 312 g/mol. The molecular weight excluding hydrogens is 284 g/mol. The van der Waals surface area contributed by atoms with E-state index in [0.29, 0.717) is 0 Å². The van der Waals surface area contributed by atoms with Crippen LogP contribution in [0.25, 0.3) is 0 Å². The number of morpholine rings is 1. The van der Waals surface area contributed by atoms with E-state index in [1.54, 1.807) is 0 Å². The van der Waals surface area contributed by atoms with Crippen molar-refractivity contribution in [3.63, 3.8) is 0 Å². The molecule has 0 unspecified atom stereocenters. The average molecular weight is 312 g/mol. The molecular formula is C20H28N2O. The fourth-order valence-corrected chi connectivity index (χ4v) is 3.31. The van der Waals surface area contributed by atoms with Gasteiger partial charge in [-0.3, -0.25) is 9.80 Å². The standard InChI is InChI=1S/C20H28N2O/c1-3-10-21(11-4-1)12-5-2-7-19-8-6-9-20(17-19)18-22-13-15-23-16-14-22/h6,8-9,17H,1,3-4,7,10-16,18H2. The molecule has 2 aliphatic heterocycles. The van der Waals surface area contributed by atoms with Crippen LogP contribution in [0.4, 0.5) is 0 Å². The summed E-state index contributed by atoms with van der Waals surface area (Å²) in [4.78, 5) is 4.94. The quantitative estimate of drug-likeness (QED) is 0.795. The highest BCUT2D eigenvalue weighted by atomic mass is 16.5. The van der Waals surface area contributed by atoms with Crippen molar-refractivity contribution in [1.82, 2.24) is 9.80 Å². The SMILES string of the molecule is C(#CCN1CCCCC1)Cc1cccc(CN2CCOCC2)c1. The Hall–Kier alpha value is -1.34. The number of nitrogens with zero attached hydrogens (tertiary/aromatic N) is 2. The Morgan fingerprint density at radius 1 is 0.870 bits per heavy atom. The molecule has 2 fully saturated rings. The van der Waals surface area contributed by atoms with Gasteiger partial charge >= 0.3 is 0 Å². The van der Waals surface area contributed by atoms with Crippen LogP contribution in [0.3, 0.4) is 0 Å². The zero-order valence-electron chi connectivity index (χ0n) is 14.1. The minimum absolute atomic E-state index is 0.863. The topological polar surface area (TPSA) is 15.7 Å². The summed E-state index contributed by atoms with van der Waals surface area (Å²) in [5.41, 5.74) is 2.73. The van der Waals surface area contributed by atoms with Crippen LogP contribution in [0.2, 0.25) is 0 Å². The predicted molar refractivity (Wildman–Crippen MR) is 94.3 cm³/mol. The first-order valence-electron chi connectivity index (χ1n) is 8.96. The van der Waals surface area contributed by atoms with Crippen LogP contribution in [-0.4, -0.2) is 55.7 Å². The Labute approximate surface area is 140 Å². The minimum atomic E-state index is 0.863. The zero-order chi connectivity index (χ0) is 15.7. The molecule has 0 aliphatic carbocycles. The van der Waals surface area contributed by atoms with Crippen molar-refractivity contribution < 1.29 is 4.74 Å². The Kier molecular flexibility index (Phi) is 6.52. The smallest absolute Gasteiger partial charge is 0.0601 e. The molecule has 1 aromatic rings. The Balaban J connectivity index is 1.47. The van der Waals surface area contributed by atoms with Crippen LogP contribution < -0.4 is 0 Å². The maximum atomic E-state index is 5.41. The van der Waals surface area contributed by atoms with E-state index in [4.69, 9.17) is 4.74 Å². The number of benzene rings is 1. The lowest BCUT2D eigenvalue weighted by atomic mass is 10.1. The molecule has 0 radical (unpaired) electrons. The molecule has 0 aromatic heterocycles. The second-order valence-electron chi connectivity index (χ2n) is 6.58. The first-order valence-corrected chi connectivity index (χ1v) is 8.96. The van der Waals surface area contributed by atoms with E-state index < -0.39 is 0 Å². The minimum Gasteiger partial charge on any atom is -0.379 e. The molecule has 124 valence electrons. The van der Waals surface area contributed by atoms with Crippen molar-refractivity contribution >= 4 is 0 Å². The third kappa shape index (κ3) is 5.66. The van der Waals surface area contributed by atoms with Gasteiger partial charge in [0.1, 0.15) is 0 Å². The van der Waals surface area contributed by atoms with Crippen LogP contribution in [-0.2, 0) is 17.7 Å². The van der Waals surface area contributed by atoms with Crippen molar-refractivity contribution in [2.75, 3.05) is 45.9 Å². The fourth-order valence-electron chi connectivity index (χ4n) is 3.31. The first-order chi connectivity index (χ1) is 11.4. The predicted octanol–water partition coefficient (Wildman–Crippen LogP) is 2.55. The summed E-state index contributed by atoms with van der Waals surface area (Å²) >= 11 is 0. The third-order valence-corrected chi connectivity index (χ3v) is 4.67. The molecule has 1 aromatic carbocycles. The van der Waals surface area contributed by atoms with Crippen molar-refractivity contribution in [3.05, 3.63) is 35.4 Å². The lowest BCUT2D eigenvalue weighted by Crippen LogP contribution is -2.35. The Morgan fingerprint density at radius 3 is 2.48 bits per heavy atom. The molecule has 0 saturated carbocycles. The van der Waals surface area contributed by atoms with E-state index in [1.165, 1.54) is 43.5 Å². The van der Waals surface area contributed by atoms with Gasteiger partial charge in [-0.15, -0.1) is 0 Å². The molecule has 2 heterocycles. The second kappa shape index (κ2) is 9.08. The molecule has 3 nitrogen and oxygen atoms in total. The number of hydrogen-bond acceptors (Lipinski definition) is 3. The average Bonchev–Trinajstić information content (AvgIpc) is 2.61. The normalized spacial score (nSPS) is 20.0. The van der Waals surface area contributed by atoms with E-state index in [0.717, 1.165) is 45.8 Å². The van der Waals surface area contributed by atoms with Crippen LogP contribution in [0.1, 0.15) is 30.4 Å². The van der Waals surface area contributed by atoms with Crippen LogP contribution in [0, 0.1) is 11.8 Å². The maximum absolute atomic E-state index is 5.41. The van der Waals surface area contributed by atoms with Crippen LogP contribution >= 0.6 is 0 Å². The molecule has 23 heavy (non-hydrogen) atoms. The van der Waals surface area contributed by atoms with Gasteiger partial charge in [0.25, 0.3) is 0 Å². The van der Waals surface area contributed by atoms with Crippen molar-refractivity contribution in [3.8, 4) is 11.8 Å². The summed E-state index contributed by atoms with van der Waals surface area (Å²) in [6.07, 6.45) is 4.93. The van der Waals surface area contributed by atoms with E-state index in [9.17, 15) is 0 Å². The van der Waals surface area contributed by atoms with Crippen molar-refractivity contribution in [1.29, 1.82) is 0 Å². The first kappa shape index (κ1) is 16.5. The highest BCUT2D eigenvalue weighted by Crippen LogP contribution is 2.10. The van der Waals surface area contributed by atoms with Gasteiger partial charge in [-0.25, -0.2) is 0 Å². The summed E-state index contributed by atoms with van der Waals surface area (Å²) < 4.78 is 5.41. The van der Waals surface area contributed by atoms with Gasteiger partial charge in [0.15, 0.2) is 0 Å². The summed E-state index contributed by atoms with van der Waals surface area (Å²) in [6, 6.07) is 8.89. The number of hydrogen-bond donors (Lipinski definition) is 0. The summed E-state index contributed by atoms with van der Waals surface area (Å²) in [5.74, 6) is 6.71. The van der Waals surface area contributed by atoms with Gasteiger partial charge < -0.3 is 4.74 Å². The molecule has 0 amide bonds. The van der Waals surface area contributed by atoms with Crippen molar-refractivity contribution in [2.45, 2.75) is 32.2 Å². The molecule has 0 spiro atoms. The molecule has 3 heteroatoms. The highest BCUT2D eigenvalue weighted by Gasteiger charge is 2.10. The lowest BCUT2D eigenvalue weighted by molar-refractivity contribution is 0.0342. The maximum Gasteiger partial charge on any atom is 0.0601 e. The van der Waals surface area contributed by atoms with Crippen molar-refractivity contribution in [2.24, 2.45) is 0 Å². The fraction of sp³-hybridized carbons (Fsp3) is 0.600. The van der Waals surface area contributed by atoms with Gasteiger partial charge in [0.05, 0.1) is 19.8 Å². The number of ether oxygens (including phenoxy) is 1. The molecule has 2 aliphatic rings.